The Bertz CT molecular complexity index is 370. The van der Waals surface area contributed by atoms with Crippen LogP contribution < -0.4 is 5.32 Å². The van der Waals surface area contributed by atoms with Gasteiger partial charge in [-0.1, -0.05) is 0 Å². The first-order valence-electron chi connectivity index (χ1n) is 6.52. The van der Waals surface area contributed by atoms with Gasteiger partial charge in [-0.15, -0.1) is 0 Å². The Labute approximate surface area is 109 Å². The van der Waals surface area contributed by atoms with Crippen LogP contribution in [0, 0.1) is 13.8 Å². The van der Waals surface area contributed by atoms with Crippen molar-refractivity contribution in [3.05, 3.63) is 17.6 Å². The van der Waals surface area contributed by atoms with Gasteiger partial charge in [0.1, 0.15) is 11.6 Å². The quantitative estimate of drug-likeness (QED) is 0.871. The highest BCUT2D eigenvalue weighted by molar-refractivity contribution is 5.36. The van der Waals surface area contributed by atoms with Crippen molar-refractivity contribution in [1.29, 1.82) is 0 Å². The van der Waals surface area contributed by atoms with Crippen molar-refractivity contribution in [1.82, 2.24) is 14.9 Å². The van der Waals surface area contributed by atoms with Gasteiger partial charge in [0.15, 0.2) is 0 Å². The molecule has 1 N–H and O–H groups in total. The third kappa shape index (κ3) is 3.92. The third-order valence-corrected chi connectivity index (χ3v) is 3.00. The van der Waals surface area contributed by atoms with Crippen molar-refractivity contribution in [3.8, 4) is 0 Å². The zero-order valence-corrected chi connectivity index (χ0v) is 11.4. The Morgan fingerprint density at radius 1 is 1.33 bits per heavy atom. The van der Waals surface area contributed by atoms with E-state index in [4.69, 9.17) is 4.74 Å². The molecule has 1 unspecified atom stereocenters. The average molecular weight is 250 g/mol. The SMILES string of the molecule is Cc1cc(NC(C)CN2CCOCC2)nc(C)n1. The van der Waals surface area contributed by atoms with Gasteiger partial charge in [0.25, 0.3) is 0 Å². The van der Waals surface area contributed by atoms with Crippen molar-refractivity contribution in [2.75, 3.05) is 38.2 Å². The number of ether oxygens (including phenoxy) is 1. The summed E-state index contributed by atoms with van der Waals surface area (Å²) in [6.07, 6.45) is 0. The Kier molecular flexibility index (Phi) is 4.49. The predicted molar refractivity (Wildman–Crippen MR) is 71.8 cm³/mol. The molecule has 0 amide bonds. The van der Waals surface area contributed by atoms with Crippen LogP contribution in [0.5, 0.6) is 0 Å². The van der Waals surface area contributed by atoms with E-state index in [0.717, 1.165) is 50.2 Å². The molecule has 1 atom stereocenters. The van der Waals surface area contributed by atoms with Crippen molar-refractivity contribution in [2.45, 2.75) is 26.8 Å². The largest absolute Gasteiger partial charge is 0.379 e. The highest BCUT2D eigenvalue weighted by Crippen LogP contribution is 2.08. The molecule has 1 fully saturated rings. The van der Waals surface area contributed by atoms with Gasteiger partial charge < -0.3 is 10.1 Å². The molecule has 18 heavy (non-hydrogen) atoms. The van der Waals surface area contributed by atoms with Crippen LogP contribution in [0.4, 0.5) is 5.82 Å². The maximum Gasteiger partial charge on any atom is 0.130 e. The number of hydrogen-bond acceptors (Lipinski definition) is 5. The fourth-order valence-electron chi connectivity index (χ4n) is 2.26. The normalized spacial score (nSPS) is 18.6. The van der Waals surface area contributed by atoms with Crippen molar-refractivity contribution < 1.29 is 4.74 Å². The van der Waals surface area contributed by atoms with E-state index in [9.17, 15) is 0 Å². The predicted octanol–water partition coefficient (Wildman–Crippen LogP) is 1.23. The third-order valence-electron chi connectivity index (χ3n) is 3.00. The van der Waals surface area contributed by atoms with E-state index in [2.05, 4.69) is 27.1 Å². The highest BCUT2D eigenvalue weighted by Gasteiger charge is 2.13. The van der Waals surface area contributed by atoms with Crippen LogP contribution in [-0.4, -0.2) is 53.8 Å². The first-order chi connectivity index (χ1) is 8.63. The van der Waals surface area contributed by atoms with E-state index in [1.54, 1.807) is 0 Å². The summed E-state index contributed by atoms with van der Waals surface area (Å²) in [7, 11) is 0. The second kappa shape index (κ2) is 6.11. The summed E-state index contributed by atoms with van der Waals surface area (Å²) in [6.45, 7) is 10.9. The molecule has 1 saturated heterocycles. The van der Waals surface area contributed by atoms with Crippen LogP contribution >= 0.6 is 0 Å². The molecule has 2 heterocycles. The maximum atomic E-state index is 5.35. The number of rotatable bonds is 4. The molecule has 0 radical (unpaired) electrons. The van der Waals surface area contributed by atoms with Crippen molar-refractivity contribution in [3.63, 3.8) is 0 Å². The molecule has 0 saturated carbocycles. The maximum absolute atomic E-state index is 5.35. The Hall–Kier alpha value is -1.20. The topological polar surface area (TPSA) is 50.3 Å². The molecule has 0 aliphatic carbocycles. The van der Waals surface area contributed by atoms with Gasteiger partial charge >= 0.3 is 0 Å². The number of aromatic nitrogens is 2. The van der Waals surface area contributed by atoms with E-state index in [1.807, 2.05) is 19.9 Å². The summed E-state index contributed by atoms with van der Waals surface area (Å²) in [5.74, 6) is 1.73. The molecule has 0 bridgehead atoms. The fourth-order valence-corrected chi connectivity index (χ4v) is 2.26. The van der Waals surface area contributed by atoms with Gasteiger partial charge in [0, 0.05) is 37.4 Å². The summed E-state index contributed by atoms with van der Waals surface area (Å²) in [6, 6.07) is 2.36. The van der Waals surface area contributed by atoms with E-state index in [0.29, 0.717) is 6.04 Å². The molecule has 0 aromatic carbocycles. The number of aryl methyl sites for hydroxylation is 2. The zero-order chi connectivity index (χ0) is 13.0. The van der Waals surface area contributed by atoms with E-state index < -0.39 is 0 Å². The molecule has 2 rings (SSSR count). The first-order valence-corrected chi connectivity index (χ1v) is 6.52. The Morgan fingerprint density at radius 3 is 2.72 bits per heavy atom. The zero-order valence-electron chi connectivity index (χ0n) is 11.4. The lowest BCUT2D eigenvalue weighted by molar-refractivity contribution is 0.0368. The number of morpholine rings is 1. The summed E-state index contributed by atoms with van der Waals surface area (Å²) in [4.78, 5) is 11.1. The second-order valence-corrected chi connectivity index (χ2v) is 4.90. The Morgan fingerprint density at radius 2 is 2.06 bits per heavy atom. The molecule has 0 spiro atoms. The van der Waals surface area contributed by atoms with Crippen molar-refractivity contribution >= 4 is 5.82 Å². The molecular formula is C13H22N4O. The first kappa shape index (κ1) is 13.2. The smallest absolute Gasteiger partial charge is 0.130 e. The van der Waals surface area contributed by atoms with Gasteiger partial charge in [-0.2, -0.15) is 0 Å². The summed E-state index contributed by atoms with van der Waals surface area (Å²) in [5.41, 5.74) is 1.00. The number of anilines is 1. The second-order valence-electron chi connectivity index (χ2n) is 4.90. The van der Waals surface area contributed by atoms with Gasteiger partial charge in [-0.25, -0.2) is 9.97 Å². The minimum Gasteiger partial charge on any atom is -0.379 e. The van der Waals surface area contributed by atoms with Crippen LogP contribution in [0.2, 0.25) is 0 Å². The van der Waals surface area contributed by atoms with Gasteiger partial charge in [-0.05, 0) is 20.8 Å². The van der Waals surface area contributed by atoms with Crippen LogP contribution in [-0.2, 0) is 4.74 Å². The van der Waals surface area contributed by atoms with Gasteiger partial charge in [0.05, 0.1) is 13.2 Å². The van der Waals surface area contributed by atoms with Crippen molar-refractivity contribution in [2.24, 2.45) is 0 Å². The van der Waals surface area contributed by atoms with Gasteiger partial charge in [0.2, 0.25) is 0 Å². The summed E-state index contributed by atoms with van der Waals surface area (Å²) < 4.78 is 5.35. The monoisotopic (exact) mass is 250 g/mol. The molecule has 100 valence electrons. The van der Waals surface area contributed by atoms with E-state index >= 15 is 0 Å². The summed E-state index contributed by atoms with van der Waals surface area (Å²) in [5, 5.41) is 3.44. The lowest BCUT2D eigenvalue weighted by Gasteiger charge is -2.29. The lowest BCUT2D eigenvalue weighted by Crippen LogP contribution is -2.42. The standard InChI is InChI=1S/C13H22N4O/c1-10-8-13(16-12(3)14-10)15-11(2)9-17-4-6-18-7-5-17/h8,11H,4-7,9H2,1-3H3,(H,14,15,16). The van der Waals surface area contributed by atoms with Crippen LogP contribution in [0.3, 0.4) is 0 Å². The molecule has 1 aromatic heterocycles. The minimum atomic E-state index is 0.372. The molecule has 1 aromatic rings. The number of nitrogens with zero attached hydrogens (tertiary/aromatic N) is 3. The molecule has 5 nitrogen and oxygen atoms in total. The molecule has 1 aliphatic heterocycles. The highest BCUT2D eigenvalue weighted by atomic mass is 16.5. The van der Waals surface area contributed by atoms with Crippen LogP contribution in [0.15, 0.2) is 6.07 Å². The Balaban J connectivity index is 1.87. The number of nitrogens with one attached hydrogen (secondary N) is 1. The lowest BCUT2D eigenvalue weighted by atomic mass is 10.2. The minimum absolute atomic E-state index is 0.372. The number of hydrogen-bond donors (Lipinski definition) is 1. The van der Waals surface area contributed by atoms with Crippen LogP contribution in [0.25, 0.3) is 0 Å². The van der Waals surface area contributed by atoms with Gasteiger partial charge in [-0.3, -0.25) is 4.90 Å². The molecular weight excluding hydrogens is 228 g/mol. The average Bonchev–Trinajstić information content (AvgIpc) is 2.28. The molecule has 5 heteroatoms. The van der Waals surface area contributed by atoms with Crippen LogP contribution in [0.1, 0.15) is 18.4 Å². The molecule has 1 aliphatic rings. The fraction of sp³-hybridized carbons (Fsp3) is 0.692. The summed E-state index contributed by atoms with van der Waals surface area (Å²) >= 11 is 0. The van der Waals surface area contributed by atoms with E-state index in [-0.39, 0.29) is 0 Å². The van der Waals surface area contributed by atoms with E-state index in [1.165, 1.54) is 0 Å².